The van der Waals surface area contributed by atoms with Crippen LogP contribution in [0.2, 0.25) is 0 Å². The molecule has 0 saturated carbocycles. The quantitative estimate of drug-likeness (QED) is 0.668. The predicted molar refractivity (Wildman–Crippen MR) is 103 cm³/mol. The third kappa shape index (κ3) is 4.44. The van der Waals surface area contributed by atoms with Crippen LogP contribution in [0.25, 0.3) is 0 Å². The Hall–Kier alpha value is -3.35. The summed E-state index contributed by atoms with van der Waals surface area (Å²) in [6.45, 7) is 1.99. The van der Waals surface area contributed by atoms with Crippen LogP contribution in [-0.2, 0) is 6.42 Å². The largest absolute Gasteiger partial charge is 0.493 e. The van der Waals surface area contributed by atoms with Gasteiger partial charge in [-0.1, -0.05) is 36.4 Å². The van der Waals surface area contributed by atoms with Crippen LogP contribution in [0, 0.1) is 0 Å². The van der Waals surface area contributed by atoms with Crippen molar-refractivity contribution in [1.82, 2.24) is 15.2 Å². The van der Waals surface area contributed by atoms with Crippen molar-refractivity contribution in [2.24, 2.45) is 0 Å². The van der Waals surface area contributed by atoms with E-state index >= 15 is 0 Å². The molecule has 7 nitrogen and oxygen atoms in total. The molecule has 0 radical (unpaired) electrons. The van der Waals surface area contributed by atoms with E-state index in [1.807, 2.05) is 49.4 Å². The molecule has 3 rings (SSSR count). The molecule has 0 saturated heterocycles. The molecule has 0 amide bonds. The Balaban J connectivity index is 1.74. The summed E-state index contributed by atoms with van der Waals surface area (Å²) in [5.74, 6) is 1.58. The molecule has 27 heavy (non-hydrogen) atoms. The average Bonchev–Trinajstić information content (AvgIpc) is 2.70. The lowest BCUT2D eigenvalue weighted by molar-refractivity contribution is 0.354. The maximum atomic E-state index is 12.4. The highest BCUT2D eigenvalue weighted by molar-refractivity contribution is 5.43. The number of methoxy groups -OCH3 is 2. The number of H-pyrrole nitrogens is 1. The summed E-state index contributed by atoms with van der Waals surface area (Å²) in [6, 6.07) is 15.4. The number of ether oxygens (including phenoxy) is 2. The number of aromatic amines is 1. The standard InChI is InChI=1S/C20H22N4O3/c1-13(15-7-5-4-6-8-15)21-20-22-19(25)16(23-24-20)11-14-9-10-17(26-2)18(12-14)27-3/h4-10,12-13H,11H2,1-3H3,(H2,21,22,24,25)/t13-/m0/s1. The summed E-state index contributed by atoms with van der Waals surface area (Å²) in [5, 5.41) is 11.4. The Morgan fingerprint density at radius 3 is 2.44 bits per heavy atom. The number of hydrogen-bond acceptors (Lipinski definition) is 6. The fraction of sp³-hybridized carbons (Fsp3) is 0.250. The fourth-order valence-electron chi connectivity index (χ4n) is 2.76. The van der Waals surface area contributed by atoms with Gasteiger partial charge in [0, 0.05) is 6.42 Å². The van der Waals surface area contributed by atoms with Gasteiger partial charge in [0.05, 0.1) is 20.3 Å². The van der Waals surface area contributed by atoms with Crippen molar-refractivity contribution >= 4 is 5.95 Å². The summed E-state index contributed by atoms with van der Waals surface area (Å²) >= 11 is 0. The first-order chi connectivity index (χ1) is 13.1. The highest BCUT2D eigenvalue weighted by atomic mass is 16.5. The summed E-state index contributed by atoms with van der Waals surface area (Å²) in [6.07, 6.45) is 0.344. The normalized spacial score (nSPS) is 11.7. The van der Waals surface area contributed by atoms with Gasteiger partial charge in [-0.3, -0.25) is 9.78 Å². The lowest BCUT2D eigenvalue weighted by Crippen LogP contribution is -2.21. The van der Waals surface area contributed by atoms with Crippen molar-refractivity contribution in [2.45, 2.75) is 19.4 Å². The molecule has 2 aromatic carbocycles. The van der Waals surface area contributed by atoms with Crippen LogP contribution in [0.4, 0.5) is 5.95 Å². The molecule has 0 aliphatic heterocycles. The van der Waals surface area contributed by atoms with Crippen molar-refractivity contribution in [3.63, 3.8) is 0 Å². The predicted octanol–water partition coefficient (Wildman–Crippen LogP) is 2.95. The van der Waals surface area contributed by atoms with E-state index in [9.17, 15) is 4.79 Å². The zero-order valence-corrected chi connectivity index (χ0v) is 15.5. The van der Waals surface area contributed by atoms with Gasteiger partial charge >= 0.3 is 0 Å². The third-order valence-corrected chi connectivity index (χ3v) is 4.24. The summed E-state index contributed by atoms with van der Waals surface area (Å²) in [7, 11) is 3.15. The Morgan fingerprint density at radius 1 is 1.04 bits per heavy atom. The van der Waals surface area contributed by atoms with Crippen molar-refractivity contribution in [2.75, 3.05) is 19.5 Å². The highest BCUT2D eigenvalue weighted by Crippen LogP contribution is 2.28. The molecular weight excluding hydrogens is 344 g/mol. The first kappa shape index (κ1) is 18.4. The van der Waals surface area contributed by atoms with Gasteiger partial charge < -0.3 is 14.8 Å². The van der Waals surface area contributed by atoms with Crippen molar-refractivity contribution < 1.29 is 9.47 Å². The first-order valence-corrected chi connectivity index (χ1v) is 8.59. The third-order valence-electron chi connectivity index (χ3n) is 4.24. The van der Waals surface area contributed by atoms with E-state index in [1.165, 1.54) is 0 Å². The van der Waals surface area contributed by atoms with Gasteiger partial charge in [-0.2, -0.15) is 0 Å². The fourth-order valence-corrected chi connectivity index (χ4v) is 2.76. The number of benzene rings is 2. The van der Waals surface area contributed by atoms with Gasteiger partial charge in [-0.25, -0.2) is 0 Å². The molecule has 140 valence electrons. The van der Waals surface area contributed by atoms with Crippen molar-refractivity contribution in [3.05, 3.63) is 75.7 Å². The molecule has 0 aliphatic carbocycles. The molecule has 2 N–H and O–H groups in total. The smallest absolute Gasteiger partial charge is 0.274 e. The van der Waals surface area contributed by atoms with Gasteiger partial charge in [-0.05, 0) is 30.2 Å². The molecule has 3 aromatic rings. The van der Waals surface area contributed by atoms with E-state index in [0.29, 0.717) is 29.6 Å². The second-order valence-corrected chi connectivity index (χ2v) is 6.09. The zero-order valence-electron chi connectivity index (χ0n) is 15.5. The topological polar surface area (TPSA) is 89.1 Å². The zero-order chi connectivity index (χ0) is 19.2. The van der Waals surface area contributed by atoms with Gasteiger partial charge in [0.2, 0.25) is 5.95 Å². The lowest BCUT2D eigenvalue weighted by Gasteiger charge is -2.14. The second kappa shape index (κ2) is 8.35. The summed E-state index contributed by atoms with van der Waals surface area (Å²) in [4.78, 5) is 15.1. The van der Waals surface area contributed by atoms with E-state index in [-0.39, 0.29) is 11.6 Å². The maximum absolute atomic E-state index is 12.4. The molecule has 0 unspecified atom stereocenters. The number of rotatable bonds is 7. The number of nitrogens with zero attached hydrogens (tertiary/aromatic N) is 2. The monoisotopic (exact) mass is 366 g/mol. The van der Waals surface area contributed by atoms with Crippen LogP contribution in [0.3, 0.4) is 0 Å². The van der Waals surface area contributed by atoms with Crippen LogP contribution in [0.5, 0.6) is 11.5 Å². The van der Waals surface area contributed by atoms with E-state index in [4.69, 9.17) is 9.47 Å². The van der Waals surface area contributed by atoms with E-state index in [2.05, 4.69) is 20.5 Å². The van der Waals surface area contributed by atoms with E-state index in [1.54, 1.807) is 20.3 Å². The SMILES string of the molecule is COc1ccc(Cc2nnc(N[C@@H](C)c3ccccc3)[nH]c2=O)cc1OC. The van der Waals surface area contributed by atoms with Crippen LogP contribution in [0.15, 0.2) is 53.3 Å². The Morgan fingerprint density at radius 2 is 1.78 bits per heavy atom. The van der Waals surface area contributed by atoms with Crippen LogP contribution in [-0.4, -0.2) is 29.4 Å². The molecule has 1 atom stereocenters. The number of anilines is 1. The Bertz CT molecular complexity index is 957. The van der Waals surface area contributed by atoms with Crippen LogP contribution < -0.4 is 20.3 Å². The second-order valence-electron chi connectivity index (χ2n) is 6.09. The van der Waals surface area contributed by atoms with Crippen LogP contribution in [0.1, 0.15) is 29.8 Å². The average molecular weight is 366 g/mol. The van der Waals surface area contributed by atoms with E-state index in [0.717, 1.165) is 11.1 Å². The van der Waals surface area contributed by atoms with Crippen molar-refractivity contribution in [3.8, 4) is 11.5 Å². The van der Waals surface area contributed by atoms with Gasteiger partial charge in [0.15, 0.2) is 11.5 Å². The van der Waals surface area contributed by atoms with Crippen molar-refractivity contribution in [1.29, 1.82) is 0 Å². The Kier molecular flexibility index (Phi) is 5.71. The minimum absolute atomic E-state index is 0.00662. The minimum Gasteiger partial charge on any atom is -0.493 e. The molecule has 0 aliphatic rings. The van der Waals surface area contributed by atoms with Gasteiger partial charge in [0.25, 0.3) is 5.56 Å². The molecule has 1 heterocycles. The maximum Gasteiger partial charge on any atom is 0.274 e. The molecule has 7 heteroatoms. The number of nitrogens with one attached hydrogen (secondary N) is 2. The molecule has 1 aromatic heterocycles. The summed E-state index contributed by atoms with van der Waals surface area (Å²) < 4.78 is 10.5. The summed E-state index contributed by atoms with van der Waals surface area (Å²) in [5.41, 5.74) is 2.03. The van der Waals surface area contributed by atoms with Gasteiger partial charge in [0.1, 0.15) is 5.69 Å². The molecule has 0 fully saturated rings. The first-order valence-electron chi connectivity index (χ1n) is 8.59. The number of hydrogen-bond donors (Lipinski definition) is 2. The minimum atomic E-state index is -0.275. The van der Waals surface area contributed by atoms with Gasteiger partial charge in [-0.15, -0.1) is 10.2 Å². The van der Waals surface area contributed by atoms with Crippen LogP contribution >= 0.6 is 0 Å². The van der Waals surface area contributed by atoms with E-state index < -0.39 is 0 Å². The number of aromatic nitrogens is 3. The lowest BCUT2D eigenvalue weighted by atomic mass is 10.1. The molecular formula is C20H22N4O3. The molecule has 0 spiro atoms. The highest BCUT2D eigenvalue weighted by Gasteiger charge is 2.11. The Labute approximate surface area is 157 Å². The molecule has 0 bridgehead atoms.